The van der Waals surface area contributed by atoms with Gasteiger partial charge in [-0.25, -0.2) is 0 Å². The van der Waals surface area contributed by atoms with Gasteiger partial charge < -0.3 is 15.0 Å². The van der Waals surface area contributed by atoms with Gasteiger partial charge in [-0.3, -0.25) is 4.79 Å². The maximum absolute atomic E-state index is 11.8. The normalized spacial score (nSPS) is 23.9. The lowest BCUT2D eigenvalue weighted by Crippen LogP contribution is -2.47. The van der Waals surface area contributed by atoms with Crippen LogP contribution >= 0.6 is 0 Å². The predicted molar refractivity (Wildman–Crippen MR) is 62.2 cm³/mol. The maximum Gasteiger partial charge on any atom is 0.236 e. The molecule has 0 aromatic carbocycles. The minimum Gasteiger partial charge on any atom is -0.378 e. The highest BCUT2D eigenvalue weighted by Crippen LogP contribution is 2.29. The van der Waals surface area contributed by atoms with Crippen molar-refractivity contribution in [2.75, 3.05) is 32.8 Å². The Bertz CT molecular complexity index is 235. The summed E-state index contributed by atoms with van der Waals surface area (Å²) in [6.07, 6.45) is 3.99. The van der Waals surface area contributed by atoms with E-state index in [1.807, 2.05) is 4.90 Å². The van der Waals surface area contributed by atoms with Crippen molar-refractivity contribution >= 4 is 5.91 Å². The smallest absolute Gasteiger partial charge is 0.236 e. The largest absolute Gasteiger partial charge is 0.378 e. The number of nitrogens with zero attached hydrogens (tertiary/aromatic N) is 1. The zero-order valence-electron chi connectivity index (χ0n) is 10.1. The van der Waals surface area contributed by atoms with Gasteiger partial charge in [0.25, 0.3) is 0 Å². The molecule has 1 saturated carbocycles. The molecule has 0 spiro atoms. The fourth-order valence-corrected chi connectivity index (χ4v) is 2.28. The number of amides is 1. The molecule has 16 heavy (non-hydrogen) atoms. The molecule has 0 aromatic heterocycles. The van der Waals surface area contributed by atoms with Crippen LogP contribution in [-0.2, 0) is 9.53 Å². The van der Waals surface area contributed by atoms with E-state index in [2.05, 4.69) is 12.2 Å². The number of carbonyl (C=O) groups is 1. The van der Waals surface area contributed by atoms with Crippen molar-refractivity contribution in [3.05, 3.63) is 0 Å². The van der Waals surface area contributed by atoms with Crippen LogP contribution in [0.2, 0.25) is 0 Å². The molecule has 1 N–H and O–H groups in total. The first-order valence-corrected chi connectivity index (χ1v) is 6.36. The zero-order valence-corrected chi connectivity index (χ0v) is 10.1. The molecule has 1 aliphatic carbocycles. The fourth-order valence-electron chi connectivity index (χ4n) is 2.28. The molecule has 2 rings (SSSR count). The van der Waals surface area contributed by atoms with E-state index in [0.717, 1.165) is 19.0 Å². The summed E-state index contributed by atoms with van der Waals surface area (Å²) < 4.78 is 5.23. The molecule has 0 aromatic rings. The lowest BCUT2D eigenvalue weighted by atomic mass is 9.80. The summed E-state index contributed by atoms with van der Waals surface area (Å²) in [5.41, 5.74) is 0. The van der Waals surface area contributed by atoms with Crippen molar-refractivity contribution in [2.24, 2.45) is 5.92 Å². The van der Waals surface area contributed by atoms with Gasteiger partial charge in [0.1, 0.15) is 0 Å². The number of hydrogen-bond donors (Lipinski definition) is 1. The first kappa shape index (κ1) is 11.9. The molecule has 4 nitrogen and oxygen atoms in total. The van der Waals surface area contributed by atoms with Gasteiger partial charge in [-0.15, -0.1) is 0 Å². The Kier molecular flexibility index (Phi) is 4.18. The standard InChI is InChI=1S/C12H22N2O2/c1-10(11-3-2-4-11)13-9-12(15)14-5-7-16-8-6-14/h10-11,13H,2-9H2,1H3. The summed E-state index contributed by atoms with van der Waals surface area (Å²) in [6, 6.07) is 0.485. The van der Waals surface area contributed by atoms with E-state index in [1.165, 1.54) is 19.3 Å². The number of carbonyl (C=O) groups excluding carboxylic acids is 1. The zero-order chi connectivity index (χ0) is 11.4. The molecule has 2 fully saturated rings. The van der Waals surface area contributed by atoms with E-state index < -0.39 is 0 Å². The Morgan fingerprint density at radius 3 is 2.69 bits per heavy atom. The summed E-state index contributed by atoms with van der Waals surface area (Å²) in [4.78, 5) is 13.7. The van der Waals surface area contributed by atoms with Gasteiger partial charge >= 0.3 is 0 Å². The van der Waals surface area contributed by atoms with Crippen molar-refractivity contribution in [3.8, 4) is 0 Å². The molecule has 1 saturated heterocycles. The van der Waals surface area contributed by atoms with Crippen LogP contribution < -0.4 is 5.32 Å². The molecule has 0 radical (unpaired) electrons. The number of nitrogens with one attached hydrogen (secondary N) is 1. The Morgan fingerprint density at radius 1 is 1.44 bits per heavy atom. The molecule has 1 heterocycles. The third kappa shape index (κ3) is 2.95. The van der Waals surface area contributed by atoms with Crippen molar-refractivity contribution in [1.29, 1.82) is 0 Å². The molecular weight excluding hydrogens is 204 g/mol. The van der Waals surface area contributed by atoms with E-state index in [0.29, 0.717) is 25.8 Å². The van der Waals surface area contributed by atoms with Gasteiger partial charge in [0, 0.05) is 19.1 Å². The van der Waals surface area contributed by atoms with Crippen molar-refractivity contribution < 1.29 is 9.53 Å². The average Bonchev–Trinajstić information content (AvgIpc) is 2.25. The topological polar surface area (TPSA) is 41.6 Å². The Hall–Kier alpha value is -0.610. The van der Waals surface area contributed by atoms with Gasteiger partial charge in [-0.2, -0.15) is 0 Å². The monoisotopic (exact) mass is 226 g/mol. The molecule has 2 aliphatic rings. The minimum absolute atomic E-state index is 0.217. The van der Waals surface area contributed by atoms with Crippen LogP contribution in [0.3, 0.4) is 0 Å². The van der Waals surface area contributed by atoms with Crippen LogP contribution in [0.5, 0.6) is 0 Å². The predicted octanol–water partition coefficient (Wildman–Crippen LogP) is 0.623. The summed E-state index contributed by atoms with van der Waals surface area (Å²) in [7, 11) is 0. The molecule has 4 heteroatoms. The second-order valence-electron chi connectivity index (χ2n) is 4.85. The molecule has 1 amide bonds. The molecule has 0 bridgehead atoms. The van der Waals surface area contributed by atoms with Crippen molar-refractivity contribution in [3.63, 3.8) is 0 Å². The Morgan fingerprint density at radius 2 is 2.12 bits per heavy atom. The van der Waals surface area contributed by atoms with E-state index >= 15 is 0 Å². The third-order valence-corrected chi connectivity index (χ3v) is 3.80. The first-order valence-electron chi connectivity index (χ1n) is 6.36. The molecule has 1 atom stereocenters. The van der Waals surface area contributed by atoms with Crippen LogP contribution in [0.4, 0.5) is 0 Å². The van der Waals surface area contributed by atoms with Crippen molar-refractivity contribution in [1.82, 2.24) is 10.2 Å². The minimum atomic E-state index is 0.217. The van der Waals surface area contributed by atoms with Gasteiger partial charge in [0.15, 0.2) is 0 Å². The SMILES string of the molecule is CC(NCC(=O)N1CCOCC1)C1CCC1. The summed E-state index contributed by atoms with van der Waals surface area (Å²) >= 11 is 0. The first-order chi connectivity index (χ1) is 7.77. The third-order valence-electron chi connectivity index (χ3n) is 3.80. The van der Waals surface area contributed by atoms with Gasteiger partial charge in [0.2, 0.25) is 5.91 Å². The number of hydrogen-bond acceptors (Lipinski definition) is 3. The Balaban J connectivity index is 1.65. The highest BCUT2D eigenvalue weighted by atomic mass is 16.5. The highest BCUT2D eigenvalue weighted by Gasteiger charge is 2.24. The molecule has 1 unspecified atom stereocenters. The average molecular weight is 226 g/mol. The Labute approximate surface area is 97.3 Å². The highest BCUT2D eigenvalue weighted by molar-refractivity contribution is 5.78. The lowest BCUT2D eigenvalue weighted by molar-refractivity contribution is -0.134. The van der Waals surface area contributed by atoms with Gasteiger partial charge in [-0.05, 0) is 25.7 Å². The summed E-state index contributed by atoms with van der Waals surface area (Å²) in [5.74, 6) is 1.01. The quantitative estimate of drug-likeness (QED) is 0.764. The number of ether oxygens (including phenoxy) is 1. The van der Waals surface area contributed by atoms with Crippen LogP contribution in [0.15, 0.2) is 0 Å². The van der Waals surface area contributed by atoms with Crippen LogP contribution in [0, 0.1) is 5.92 Å². The fraction of sp³-hybridized carbons (Fsp3) is 0.917. The van der Waals surface area contributed by atoms with E-state index in [4.69, 9.17) is 4.74 Å². The van der Waals surface area contributed by atoms with Crippen LogP contribution in [0.25, 0.3) is 0 Å². The lowest BCUT2D eigenvalue weighted by Gasteiger charge is -2.33. The van der Waals surface area contributed by atoms with Gasteiger partial charge in [-0.1, -0.05) is 6.42 Å². The second kappa shape index (κ2) is 5.64. The molecular formula is C12H22N2O2. The number of rotatable bonds is 4. The molecule has 92 valence electrons. The summed E-state index contributed by atoms with van der Waals surface area (Å²) in [5, 5.41) is 3.35. The summed E-state index contributed by atoms with van der Waals surface area (Å²) in [6.45, 7) is 5.54. The van der Waals surface area contributed by atoms with Crippen LogP contribution in [0.1, 0.15) is 26.2 Å². The van der Waals surface area contributed by atoms with E-state index in [-0.39, 0.29) is 5.91 Å². The van der Waals surface area contributed by atoms with E-state index in [1.54, 1.807) is 0 Å². The maximum atomic E-state index is 11.8. The number of morpholine rings is 1. The van der Waals surface area contributed by atoms with Crippen LogP contribution in [-0.4, -0.2) is 49.7 Å². The second-order valence-corrected chi connectivity index (χ2v) is 4.85. The van der Waals surface area contributed by atoms with Gasteiger partial charge in [0.05, 0.1) is 19.8 Å². The van der Waals surface area contributed by atoms with Crippen molar-refractivity contribution in [2.45, 2.75) is 32.2 Å². The van der Waals surface area contributed by atoms with E-state index in [9.17, 15) is 4.79 Å². The molecule has 1 aliphatic heterocycles.